The topological polar surface area (TPSA) is 29.9 Å². The predicted molar refractivity (Wildman–Crippen MR) is 59.4 cm³/mol. The van der Waals surface area contributed by atoms with E-state index >= 15 is 0 Å². The van der Waals surface area contributed by atoms with E-state index in [0.717, 1.165) is 25.2 Å². The van der Waals surface area contributed by atoms with Crippen molar-refractivity contribution in [3.05, 3.63) is 18.0 Å². The lowest BCUT2D eigenvalue weighted by Gasteiger charge is -2.08. The van der Waals surface area contributed by atoms with Crippen LogP contribution in [0.1, 0.15) is 26.0 Å². The Labute approximate surface area is 90.7 Å². The maximum Gasteiger partial charge on any atom is 0.109 e. The van der Waals surface area contributed by atoms with Crippen LogP contribution in [0, 0.1) is 5.92 Å². The molecule has 1 rings (SSSR count). The maximum atomic E-state index is 12.1. The molecule has 86 valence electrons. The Kier molecular flexibility index (Phi) is 5.32. The third-order valence-electron chi connectivity index (χ3n) is 2.31. The SMILES string of the molecule is CC(C)CCNCc1ccnn1CCF. The third kappa shape index (κ3) is 4.42. The lowest BCUT2D eigenvalue weighted by atomic mass is 10.1. The zero-order chi connectivity index (χ0) is 11.1. The first kappa shape index (κ1) is 12.2. The Bertz CT molecular complexity index is 271. The van der Waals surface area contributed by atoms with E-state index in [1.165, 1.54) is 0 Å². The average Bonchev–Trinajstić information content (AvgIpc) is 2.61. The number of hydrogen-bond donors (Lipinski definition) is 1. The normalized spacial score (nSPS) is 11.2. The molecule has 0 saturated carbocycles. The summed E-state index contributed by atoms with van der Waals surface area (Å²) in [6.07, 6.45) is 2.88. The van der Waals surface area contributed by atoms with Crippen molar-refractivity contribution in [3.8, 4) is 0 Å². The molecular formula is C11H20FN3. The number of rotatable bonds is 7. The first-order valence-electron chi connectivity index (χ1n) is 5.51. The van der Waals surface area contributed by atoms with Crippen LogP contribution in [0.3, 0.4) is 0 Å². The highest BCUT2D eigenvalue weighted by Gasteiger charge is 2.01. The van der Waals surface area contributed by atoms with Crippen LogP contribution >= 0.6 is 0 Å². The van der Waals surface area contributed by atoms with E-state index in [-0.39, 0.29) is 6.67 Å². The van der Waals surface area contributed by atoms with Crippen LogP contribution in [-0.2, 0) is 13.1 Å². The highest BCUT2D eigenvalue weighted by atomic mass is 19.1. The average molecular weight is 213 g/mol. The minimum atomic E-state index is -0.360. The van der Waals surface area contributed by atoms with Crippen LogP contribution in [0.2, 0.25) is 0 Å². The van der Waals surface area contributed by atoms with Crippen molar-refractivity contribution in [3.63, 3.8) is 0 Å². The molecule has 1 heterocycles. The van der Waals surface area contributed by atoms with Gasteiger partial charge < -0.3 is 5.32 Å². The summed E-state index contributed by atoms with van der Waals surface area (Å²) in [5, 5.41) is 7.39. The van der Waals surface area contributed by atoms with Gasteiger partial charge in [0, 0.05) is 12.7 Å². The van der Waals surface area contributed by atoms with Gasteiger partial charge in [0.2, 0.25) is 0 Å². The van der Waals surface area contributed by atoms with Gasteiger partial charge in [-0.2, -0.15) is 5.10 Å². The molecule has 0 bridgehead atoms. The Morgan fingerprint density at radius 3 is 3.00 bits per heavy atom. The minimum absolute atomic E-state index is 0.355. The molecule has 0 amide bonds. The van der Waals surface area contributed by atoms with Gasteiger partial charge in [0.15, 0.2) is 0 Å². The lowest BCUT2D eigenvalue weighted by molar-refractivity contribution is 0.416. The molecule has 0 spiro atoms. The molecule has 15 heavy (non-hydrogen) atoms. The Balaban J connectivity index is 2.27. The fourth-order valence-electron chi connectivity index (χ4n) is 1.40. The molecule has 0 aromatic carbocycles. The van der Waals surface area contributed by atoms with Gasteiger partial charge in [-0.05, 0) is 24.9 Å². The van der Waals surface area contributed by atoms with Crippen LogP contribution in [0.15, 0.2) is 12.3 Å². The monoisotopic (exact) mass is 213 g/mol. The Morgan fingerprint density at radius 2 is 2.33 bits per heavy atom. The summed E-state index contributed by atoms with van der Waals surface area (Å²) in [6.45, 7) is 6.17. The molecule has 0 aliphatic carbocycles. The zero-order valence-corrected chi connectivity index (χ0v) is 9.54. The molecule has 1 aromatic rings. The van der Waals surface area contributed by atoms with Gasteiger partial charge in [-0.25, -0.2) is 4.39 Å². The highest BCUT2D eigenvalue weighted by Crippen LogP contribution is 2.00. The third-order valence-corrected chi connectivity index (χ3v) is 2.31. The standard InChI is InChI=1S/C11H20FN3/c1-10(2)3-6-13-9-11-4-7-14-15(11)8-5-12/h4,7,10,13H,3,5-6,8-9H2,1-2H3. The van der Waals surface area contributed by atoms with Crippen molar-refractivity contribution in [1.82, 2.24) is 15.1 Å². The number of nitrogens with one attached hydrogen (secondary N) is 1. The Hall–Kier alpha value is -0.900. The summed E-state index contributed by atoms with van der Waals surface area (Å²) < 4.78 is 13.9. The molecule has 0 atom stereocenters. The van der Waals surface area contributed by atoms with Crippen LogP contribution < -0.4 is 5.32 Å². The Morgan fingerprint density at radius 1 is 1.53 bits per heavy atom. The first-order valence-corrected chi connectivity index (χ1v) is 5.51. The van der Waals surface area contributed by atoms with E-state index in [0.29, 0.717) is 12.5 Å². The van der Waals surface area contributed by atoms with Crippen molar-refractivity contribution in [2.24, 2.45) is 5.92 Å². The van der Waals surface area contributed by atoms with Crippen molar-refractivity contribution in [2.45, 2.75) is 33.4 Å². The summed E-state index contributed by atoms with van der Waals surface area (Å²) in [6, 6.07) is 1.93. The van der Waals surface area contributed by atoms with Gasteiger partial charge in [0.25, 0.3) is 0 Å². The lowest BCUT2D eigenvalue weighted by Crippen LogP contribution is -2.19. The highest BCUT2D eigenvalue weighted by molar-refractivity contribution is 4.99. The second kappa shape index (κ2) is 6.56. The second-order valence-corrected chi connectivity index (χ2v) is 4.09. The number of hydrogen-bond acceptors (Lipinski definition) is 2. The number of alkyl halides is 1. The number of aromatic nitrogens is 2. The summed E-state index contributed by atoms with van der Waals surface area (Å²) in [4.78, 5) is 0. The van der Waals surface area contributed by atoms with E-state index < -0.39 is 0 Å². The summed E-state index contributed by atoms with van der Waals surface area (Å²) in [5.74, 6) is 0.716. The quantitative estimate of drug-likeness (QED) is 0.702. The van der Waals surface area contributed by atoms with Gasteiger partial charge in [-0.3, -0.25) is 4.68 Å². The van der Waals surface area contributed by atoms with Gasteiger partial charge in [0.1, 0.15) is 6.67 Å². The van der Waals surface area contributed by atoms with Crippen LogP contribution in [0.4, 0.5) is 4.39 Å². The van der Waals surface area contributed by atoms with Gasteiger partial charge >= 0.3 is 0 Å². The number of aryl methyl sites for hydroxylation is 1. The molecule has 0 fully saturated rings. The molecule has 1 aromatic heterocycles. The summed E-state index contributed by atoms with van der Waals surface area (Å²) in [7, 11) is 0. The van der Waals surface area contributed by atoms with E-state index in [1.54, 1.807) is 10.9 Å². The molecule has 0 aliphatic rings. The van der Waals surface area contributed by atoms with E-state index in [1.807, 2.05) is 6.07 Å². The molecule has 4 heteroatoms. The van der Waals surface area contributed by atoms with Crippen molar-refractivity contribution in [1.29, 1.82) is 0 Å². The smallest absolute Gasteiger partial charge is 0.109 e. The summed E-state index contributed by atoms with van der Waals surface area (Å²) >= 11 is 0. The molecule has 1 N–H and O–H groups in total. The van der Waals surface area contributed by atoms with Crippen molar-refractivity contribution < 1.29 is 4.39 Å². The molecular weight excluding hydrogens is 193 g/mol. The van der Waals surface area contributed by atoms with Gasteiger partial charge in [0.05, 0.1) is 12.2 Å². The first-order chi connectivity index (χ1) is 7.24. The second-order valence-electron chi connectivity index (χ2n) is 4.09. The zero-order valence-electron chi connectivity index (χ0n) is 9.54. The van der Waals surface area contributed by atoms with Crippen LogP contribution in [-0.4, -0.2) is 23.0 Å². The van der Waals surface area contributed by atoms with Crippen LogP contribution in [0.25, 0.3) is 0 Å². The van der Waals surface area contributed by atoms with Gasteiger partial charge in [-0.1, -0.05) is 13.8 Å². The number of halogens is 1. The van der Waals surface area contributed by atoms with Crippen molar-refractivity contribution in [2.75, 3.05) is 13.2 Å². The summed E-state index contributed by atoms with van der Waals surface area (Å²) in [5.41, 5.74) is 1.05. The number of nitrogens with zero attached hydrogens (tertiary/aromatic N) is 2. The van der Waals surface area contributed by atoms with Gasteiger partial charge in [-0.15, -0.1) is 0 Å². The molecule has 0 aliphatic heterocycles. The van der Waals surface area contributed by atoms with Crippen molar-refractivity contribution >= 4 is 0 Å². The predicted octanol–water partition coefficient (Wildman–Crippen LogP) is 1.99. The van der Waals surface area contributed by atoms with E-state index in [9.17, 15) is 4.39 Å². The molecule has 0 radical (unpaired) electrons. The fourth-order valence-corrected chi connectivity index (χ4v) is 1.40. The fraction of sp³-hybridized carbons (Fsp3) is 0.727. The molecule has 0 unspecified atom stereocenters. The van der Waals surface area contributed by atoms with E-state index in [2.05, 4.69) is 24.3 Å². The molecule has 3 nitrogen and oxygen atoms in total. The van der Waals surface area contributed by atoms with E-state index in [4.69, 9.17) is 0 Å². The molecule has 0 saturated heterocycles. The maximum absolute atomic E-state index is 12.1. The largest absolute Gasteiger partial charge is 0.311 e. The minimum Gasteiger partial charge on any atom is -0.311 e. The van der Waals surface area contributed by atoms with Crippen LogP contribution in [0.5, 0.6) is 0 Å².